The maximum Gasteiger partial charge on any atom is 0.352 e. The highest BCUT2D eigenvalue weighted by Gasteiger charge is 2.27. The molecule has 0 spiro atoms. The maximum atomic E-state index is 13.1. The number of carbonyl (C=O) groups is 1. The summed E-state index contributed by atoms with van der Waals surface area (Å²) in [5.74, 6) is 0.660. The number of pyridine rings is 2. The van der Waals surface area contributed by atoms with E-state index in [2.05, 4.69) is 15.0 Å². The molecule has 34 heavy (non-hydrogen) atoms. The fourth-order valence-electron chi connectivity index (χ4n) is 4.83. The molecule has 2 aliphatic heterocycles. The molecule has 1 amide bonds. The van der Waals surface area contributed by atoms with E-state index < -0.39 is 0 Å². The summed E-state index contributed by atoms with van der Waals surface area (Å²) in [7, 11) is 0. The molecule has 1 atom stereocenters. The Labute approximate surface area is 196 Å². The topological polar surface area (TPSA) is 85.0 Å². The maximum absolute atomic E-state index is 13.1. The van der Waals surface area contributed by atoms with Crippen molar-refractivity contribution in [3.8, 4) is 0 Å². The van der Waals surface area contributed by atoms with Gasteiger partial charge in [0.2, 0.25) is 0 Å². The number of nitrogens with zero attached hydrogens (tertiary/aromatic N) is 6. The first-order valence-corrected chi connectivity index (χ1v) is 11.9. The van der Waals surface area contributed by atoms with Crippen LogP contribution in [0.3, 0.4) is 0 Å². The molecular formula is C24H29FN6O3. The van der Waals surface area contributed by atoms with Gasteiger partial charge in [0.25, 0.3) is 5.91 Å². The normalized spacial score (nSPS) is 18.4. The molecule has 5 heterocycles. The van der Waals surface area contributed by atoms with Crippen LogP contribution in [0.25, 0.3) is 5.65 Å². The van der Waals surface area contributed by atoms with Crippen LogP contribution in [0.15, 0.2) is 35.4 Å². The van der Waals surface area contributed by atoms with E-state index in [1.54, 1.807) is 17.3 Å². The third-order valence-corrected chi connectivity index (χ3v) is 6.60. The molecule has 2 aliphatic rings. The van der Waals surface area contributed by atoms with Gasteiger partial charge >= 0.3 is 5.69 Å². The lowest BCUT2D eigenvalue weighted by Crippen LogP contribution is -2.40. The van der Waals surface area contributed by atoms with Crippen LogP contribution >= 0.6 is 0 Å². The zero-order valence-corrected chi connectivity index (χ0v) is 19.3. The van der Waals surface area contributed by atoms with E-state index in [1.807, 2.05) is 25.1 Å². The zero-order chi connectivity index (χ0) is 23.7. The van der Waals surface area contributed by atoms with Gasteiger partial charge in [0.1, 0.15) is 12.5 Å². The molecule has 1 fully saturated rings. The van der Waals surface area contributed by atoms with Gasteiger partial charge in [0.05, 0.1) is 12.2 Å². The van der Waals surface area contributed by atoms with Crippen LogP contribution in [0, 0.1) is 5.92 Å². The van der Waals surface area contributed by atoms with Crippen molar-refractivity contribution in [2.75, 3.05) is 37.8 Å². The van der Waals surface area contributed by atoms with E-state index in [-0.39, 0.29) is 30.9 Å². The standard InChI is InChI=1S/C24H29FN6O3/c1-2-34-16-31-24(33)30-10-7-20(12-21(30)27-31)29-9-4-6-18-11-19(14-26-22(18)29)23(32)28-8-3-5-17(13-25)15-28/h7,10-12,14,17H,2-6,8-9,13,15-16H2,1H3/t17-/m1/s1. The highest BCUT2D eigenvalue weighted by Crippen LogP contribution is 2.33. The average Bonchev–Trinajstić information content (AvgIpc) is 3.20. The molecule has 0 bridgehead atoms. The predicted octanol–water partition coefficient (Wildman–Crippen LogP) is 2.79. The van der Waals surface area contributed by atoms with E-state index >= 15 is 0 Å². The Morgan fingerprint density at radius 3 is 2.97 bits per heavy atom. The Hall–Kier alpha value is -3.27. The number of ether oxygens (including phenoxy) is 1. The molecule has 1 saturated heterocycles. The second-order valence-corrected chi connectivity index (χ2v) is 8.89. The smallest absolute Gasteiger partial charge is 0.352 e. The highest BCUT2D eigenvalue weighted by molar-refractivity contribution is 5.94. The molecule has 0 unspecified atom stereocenters. The summed E-state index contributed by atoms with van der Waals surface area (Å²) in [6.07, 6.45) is 6.75. The summed E-state index contributed by atoms with van der Waals surface area (Å²) in [4.78, 5) is 34.1. The van der Waals surface area contributed by atoms with Crippen LogP contribution in [-0.2, 0) is 17.9 Å². The van der Waals surface area contributed by atoms with Crippen LogP contribution in [0.4, 0.5) is 15.9 Å². The quantitative estimate of drug-likeness (QED) is 0.553. The lowest BCUT2D eigenvalue weighted by Gasteiger charge is -2.33. The number of alkyl halides is 1. The lowest BCUT2D eigenvalue weighted by molar-refractivity contribution is 0.0656. The second kappa shape index (κ2) is 9.54. The van der Waals surface area contributed by atoms with Crippen LogP contribution in [-0.4, -0.2) is 62.9 Å². The van der Waals surface area contributed by atoms with Crippen LogP contribution < -0.4 is 10.6 Å². The number of amides is 1. The van der Waals surface area contributed by atoms with Crippen LogP contribution in [0.2, 0.25) is 0 Å². The predicted molar refractivity (Wildman–Crippen MR) is 125 cm³/mol. The fourth-order valence-corrected chi connectivity index (χ4v) is 4.83. The monoisotopic (exact) mass is 468 g/mol. The van der Waals surface area contributed by atoms with Crippen molar-refractivity contribution in [1.29, 1.82) is 0 Å². The number of halogens is 1. The summed E-state index contributed by atoms with van der Waals surface area (Å²) in [5, 5.41) is 4.38. The first-order chi connectivity index (χ1) is 16.6. The van der Waals surface area contributed by atoms with Gasteiger partial charge in [-0.1, -0.05) is 0 Å². The van der Waals surface area contributed by atoms with Crippen molar-refractivity contribution in [2.45, 2.75) is 39.3 Å². The van der Waals surface area contributed by atoms with Gasteiger partial charge in [-0.15, -0.1) is 5.10 Å². The number of anilines is 2. The van der Waals surface area contributed by atoms with Gasteiger partial charge in [0.15, 0.2) is 5.65 Å². The summed E-state index contributed by atoms with van der Waals surface area (Å²) >= 11 is 0. The minimum absolute atomic E-state index is 0.0711. The molecule has 0 aliphatic carbocycles. The van der Waals surface area contributed by atoms with E-state index in [0.717, 1.165) is 49.3 Å². The molecule has 5 rings (SSSR count). The molecule has 9 nitrogen and oxygen atoms in total. The number of hydrogen-bond donors (Lipinski definition) is 0. The number of aromatic nitrogens is 4. The van der Waals surface area contributed by atoms with Gasteiger partial charge in [-0.05, 0) is 50.3 Å². The molecule has 3 aromatic heterocycles. The number of likely N-dealkylation sites (tertiary alicyclic amines) is 1. The lowest BCUT2D eigenvalue weighted by atomic mass is 9.98. The Kier molecular flexibility index (Phi) is 6.32. The third-order valence-electron chi connectivity index (χ3n) is 6.60. The Morgan fingerprint density at radius 2 is 2.15 bits per heavy atom. The second-order valence-electron chi connectivity index (χ2n) is 8.89. The number of carbonyl (C=O) groups excluding carboxylic acids is 1. The van der Waals surface area contributed by atoms with Crippen molar-refractivity contribution in [3.63, 3.8) is 0 Å². The van der Waals surface area contributed by atoms with Gasteiger partial charge in [-0.2, -0.15) is 4.68 Å². The average molecular weight is 469 g/mol. The minimum atomic E-state index is -0.387. The largest absolute Gasteiger partial charge is 0.359 e. The summed E-state index contributed by atoms with van der Waals surface area (Å²) < 4.78 is 21.3. The number of aryl methyl sites for hydroxylation is 1. The van der Waals surface area contributed by atoms with E-state index in [0.29, 0.717) is 30.9 Å². The first-order valence-electron chi connectivity index (χ1n) is 11.9. The number of hydrogen-bond acceptors (Lipinski definition) is 6. The number of piperidine rings is 1. The van der Waals surface area contributed by atoms with Gasteiger partial charge < -0.3 is 14.5 Å². The zero-order valence-electron chi connectivity index (χ0n) is 19.3. The van der Waals surface area contributed by atoms with Gasteiger partial charge in [0, 0.05) is 56.3 Å². The molecular weight excluding hydrogens is 439 g/mol. The fraction of sp³-hybridized carbons (Fsp3) is 0.500. The molecule has 0 aromatic carbocycles. The Bertz CT molecular complexity index is 1260. The summed E-state index contributed by atoms with van der Waals surface area (Å²) in [6.45, 7) is 3.99. The van der Waals surface area contributed by atoms with Gasteiger partial charge in [-0.3, -0.25) is 13.6 Å². The number of rotatable bonds is 6. The Morgan fingerprint density at radius 1 is 1.26 bits per heavy atom. The van der Waals surface area contributed by atoms with Crippen molar-refractivity contribution >= 4 is 23.1 Å². The van der Waals surface area contributed by atoms with E-state index in [9.17, 15) is 14.0 Å². The van der Waals surface area contributed by atoms with Crippen molar-refractivity contribution in [2.24, 2.45) is 5.92 Å². The SMILES string of the molecule is CCOCn1nc2cc(N3CCCc4cc(C(=O)N5CCC[C@H](CF)C5)cnc43)ccn2c1=O. The molecule has 0 saturated carbocycles. The van der Waals surface area contributed by atoms with E-state index in [1.165, 1.54) is 9.08 Å². The molecule has 3 aromatic rings. The Balaban J connectivity index is 1.41. The van der Waals surface area contributed by atoms with E-state index in [4.69, 9.17) is 4.74 Å². The van der Waals surface area contributed by atoms with Crippen molar-refractivity contribution in [3.05, 3.63) is 52.2 Å². The summed E-state index contributed by atoms with van der Waals surface area (Å²) in [5.41, 5.74) is 2.74. The minimum Gasteiger partial charge on any atom is -0.359 e. The number of fused-ring (bicyclic) bond motifs is 2. The molecule has 10 heteroatoms. The third kappa shape index (κ3) is 4.18. The highest BCUT2D eigenvalue weighted by atomic mass is 19.1. The van der Waals surface area contributed by atoms with Gasteiger partial charge in [-0.25, -0.2) is 9.78 Å². The first kappa shape index (κ1) is 22.5. The van der Waals surface area contributed by atoms with Crippen molar-refractivity contribution in [1.82, 2.24) is 24.1 Å². The molecule has 180 valence electrons. The summed E-state index contributed by atoms with van der Waals surface area (Å²) in [6, 6.07) is 5.67. The van der Waals surface area contributed by atoms with Crippen molar-refractivity contribution < 1.29 is 13.9 Å². The molecule has 0 N–H and O–H groups in total. The van der Waals surface area contributed by atoms with Crippen LogP contribution in [0.5, 0.6) is 0 Å². The van der Waals surface area contributed by atoms with Crippen LogP contribution in [0.1, 0.15) is 42.1 Å². The molecule has 0 radical (unpaired) electrons.